The molecule has 2 aliphatic rings. The zero-order valence-corrected chi connectivity index (χ0v) is 13.4. The number of hydrogen-bond acceptors (Lipinski definition) is 4. The lowest BCUT2D eigenvalue weighted by Crippen LogP contribution is -2.48. The lowest BCUT2D eigenvalue weighted by molar-refractivity contribution is -0.138. The molecule has 0 spiro atoms. The van der Waals surface area contributed by atoms with E-state index in [1.807, 2.05) is 27.3 Å². The van der Waals surface area contributed by atoms with Crippen molar-refractivity contribution in [2.75, 3.05) is 26.2 Å². The standard InChI is InChI=1S/C16H22N2O3S/c19-11-13-5-2-8-18(13)15(20)12-4-1-7-17(10-12)16(21)14-6-3-9-22-14/h3,6,9,12-13,19H,1-2,4-5,7-8,10-11H2/t12?,13-/m1/s1. The molecule has 1 aromatic heterocycles. The summed E-state index contributed by atoms with van der Waals surface area (Å²) in [4.78, 5) is 29.5. The van der Waals surface area contributed by atoms with Crippen molar-refractivity contribution in [1.82, 2.24) is 9.80 Å². The van der Waals surface area contributed by atoms with Gasteiger partial charge in [-0.05, 0) is 37.1 Å². The fourth-order valence-corrected chi connectivity index (χ4v) is 4.16. The van der Waals surface area contributed by atoms with Crippen molar-refractivity contribution in [3.05, 3.63) is 22.4 Å². The smallest absolute Gasteiger partial charge is 0.263 e. The highest BCUT2D eigenvalue weighted by Gasteiger charge is 2.36. The molecule has 1 aromatic rings. The molecular formula is C16H22N2O3S. The van der Waals surface area contributed by atoms with Crippen LogP contribution in [0.15, 0.2) is 17.5 Å². The van der Waals surface area contributed by atoms with Gasteiger partial charge in [-0.1, -0.05) is 6.07 Å². The maximum Gasteiger partial charge on any atom is 0.263 e. The summed E-state index contributed by atoms with van der Waals surface area (Å²) in [6, 6.07) is 3.68. The zero-order chi connectivity index (χ0) is 15.5. The molecule has 0 bridgehead atoms. The fraction of sp³-hybridized carbons (Fsp3) is 0.625. The van der Waals surface area contributed by atoms with Crippen LogP contribution in [-0.2, 0) is 4.79 Å². The Kier molecular flexibility index (Phi) is 4.78. The van der Waals surface area contributed by atoms with Crippen molar-refractivity contribution >= 4 is 23.2 Å². The van der Waals surface area contributed by atoms with Crippen molar-refractivity contribution in [3.63, 3.8) is 0 Å². The number of nitrogens with zero attached hydrogens (tertiary/aromatic N) is 2. The molecule has 2 aliphatic heterocycles. The molecule has 2 amide bonds. The first kappa shape index (κ1) is 15.5. The van der Waals surface area contributed by atoms with Crippen molar-refractivity contribution in [2.24, 2.45) is 5.92 Å². The summed E-state index contributed by atoms with van der Waals surface area (Å²) in [5.74, 6) is 0.0256. The van der Waals surface area contributed by atoms with E-state index in [0.29, 0.717) is 6.54 Å². The summed E-state index contributed by atoms with van der Waals surface area (Å²) < 4.78 is 0. The van der Waals surface area contributed by atoms with E-state index in [1.165, 1.54) is 11.3 Å². The number of likely N-dealkylation sites (tertiary alicyclic amines) is 2. The molecule has 120 valence electrons. The van der Waals surface area contributed by atoms with Gasteiger partial charge in [-0.2, -0.15) is 0 Å². The number of amides is 2. The molecule has 2 saturated heterocycles. The molecule has 1 N–H and O–H groups in total. The minimum Gasteiger partial charge on any atom is -0.394 e. The van der Waals surface area contributed by atoms with E-state index in [9.17, 15) is 14.7 Å². The van der Waals surface area contributed by atoms with E-state index in [4.69, 9.17) is 0 Å². The first-order valence-corrected chi connectivity index (χ1v) is 8.83. The van der Waals surface area contributed by atoms with Gasteiger partial charge >= 0.3 is 0 Å². The van der Waals surface area contributed by atoms with Gasteiger partial charge in [-0.15, -0.1) is 11.3 Å². The third-order valence-electron chi connectivity index (χ3n) is 4.66. The molecule has 2 fully saturated rings. The lowest BCUT2D eigenvalue weighted by atomic mass is 9.96. The second-order valence-corrected chi connectivity index (χ2v) is 7.03. The molecule has 3 heterocycles. The Morgan fingerprint density at radius 2 is 2.09 bits per heavy atom. The third-order valence-corrected chi connectivity index (χ3v) is 5.52. The summed E-state index contributed by atoms with van der Waals surface area (Å²) in [5, 5.41) is 11.3. The molecule has 3 rings (SSSR count). The zero-order valence-electron chi connectivity index (χ0n) is 12.6. The number of thiophene rings is 1. The summed E-state index contributed by atoms with van der Waals surface area (Å²) >= 11 is 1.44. The molecule has 6 heteroatoms. The highest BCUT2D eigenvalue weighted by Crippen LogP contribution is 2.25. The molecule has 0 aliphatic carbocycles. The Bertz CT molecular complexity index is 532. The number of rotatable bonds is 3. The van der Waals surface area contributed by atoms with Crippen molar-refractivity contribution in [1.29, 1.82) is 0 Å². The van der Waals surface area contributed by atoms with Gasteiger partial charge in [0.2, 0.25) is 5.91 Å². The Labute approximate surface area is 134 Å². The van der Waals surface area contributed by atoms with Crippen LogP contribution in [0.25, 0.3) is 0 Å². The minimum absolute atomic E-state index is 0.0316. The largest absolute Gasteiger partial charge is 0.394 e. The van der Waals surface area contributed by atoms with Gasteiger partial charge in [0.1, 0.15) is 0 Å². The molecule has 5 nitrogen and oxygen atoms in total. The molecule has 0 aromatic carbocycles. The van der Waals surface area contributed by atoms with Crippen LogP contribution in [0.4, 0.5) is 0 Å². The van der Waals surface area contributed by atoms with Crippen LogP contribution >= 0.6 is 11.3 Å². The highest BCUT2D eigenvalue weighted by atomic mass is 32.1. The van der Waals surface area contributed by atoms with Crippen LogP contribution in [-0.4, -0.2) is 59.0 Å². The maximum absolute atomic E-state index is 12.7. The summed E-state index contributed by atoms with van der Waals surface area (Å²) in [7, 11) is 0. The van der Waals surface area contributed by atoms with E-state index in [-0.39, 0.29) is 30.4 Å². The fourth-order valence-electron chi connectivity index (χ4n) is 3.47. The summed E-state index contributed by atoms with van der Waals surface area (Å²) in [5.41, 5.74) is 0. The monoisotopic (exact) mass is 322 g/mol. The first-order valence-electron chi connectivity index (χ1n) is 7.95. The normalized spacial score (nSPS) is 25.5. The summed E-state index contributed by atoms with van der Waals surface area (Å²) in [6.07, 6.45) is 3.54. The van der Waals surface area contributed by atoms with E-state index in [2.05, 4.69) is 0 Å². The van der Waals surface area contributed by atoms with Crippen LogP contribution in [0.3, 0.4) is 0 Å². The topological polar surface area (TPSA) is 60.9 Å². The number of piperidine rings is 1. The first-order chi connectivity index (χ1) is 10.7. The second kappa shape index (κ2) is 6.79. The third kappa shape index (κ3) is 3.03. The number of carbonyl (C=O) groups is 2. The van der Waals surface area contributed by atoms with Crippen LogP contribution < -0.4 is 0 Å². The predicted molar refractivity (Wildman–Crippen MR) is 84.8 cm³/mol. The molecular weight excluding hydrogens is 300 g/mol. The molecule has 0 radical (unpaired) electrons. The van der Waals surface area contributed by atoms with E-state index < -0.39 is 0 Å². The SMILES string of the molecule is O=C(c1cccs1)N1CCCC(C(=O)N2CCC[C@@H]2CO)C1. The van der Waals surface area contributed by atoms with Gasteiger partial charge in [0.05, 0.1) is 23.4 Å². The predicted octanol–water partition coefficient (Wildman–Crippen LogP) is 1.58. The van der Waals surface area contributed by atoms with Gasteiger partial charge < -0.3 is 14.9 Å². The van der Waals surface area contributed by atoms with Crippen LogP contribution in [0.2, 0.25) is 0 Å². The lowest BCUT2D eigenvalue weighted by Gasteiger charge is -2.35. The molecule has 22 heavy (non-hydrogen) atoms. The minimum atomic E-state index is -0.121. The van der Waals surface area contributed by atoms with Gasteiger partial charge in [0, 0.05) is 19.6 Å². The van der Waals surface area contributed by atoms with Crippen LogP contribution in [0, 0.1) is 5.92 Å². The maximum atomic E-state index is 12.7. The molecule has 0 saturated carbocycles. The number of aliphatic hydroxyl groups is 1. The van der Waals surface area contributed by atoms with Gasteiger partial charge in [-0.25, -0.2) is 0 Å². The van der Waals surface area contributed by atoms with Gasteiger partial charge in [0.15, 0.2) is 0 Å². The van der Waals surface area contributed by atoms with Gasteiger partial charge in [0.25, 0.3) is 5.91 Å². The van der Waals surface area contributed by atoms with Crippen LogP contribution in [0.5, 0.6) is 0 Å². The Hall–Kier alpha value is -1.40. The Morgan fingerprint density at radius 1 is 1.27 bits per heavy atom. The molecule has 2 atom stereocenters. The second-order valence-electron chi connectivity index (χ2n) is 6.08. The number of carbonyl (C=O) groups excluding carboxylic acids is 2. The van der Waals surface area contributed by atoms with Gasteiger partial charge in [-0.3, -0.25) is 9.59 Å². The number of aliphatic hydroxyl groups excluding tert-OH is 1. The average Bonchev–Trinajstić information content (AvgIpc) is 3.24. The van der Waals surface area contributed by atoms with E-state index >= 15 is 0 Å². The highest BCUT2D eigenvalue weighted by molar-refractivity contribution is 7.12. The Morgan fingerprint density at radius 3 is 2.82 bits per heavy atom. The van der Waals surface area contributed by atoms with E-state index in [1.54, 1.807) is 0 Å². The van der Waals surface area contributed by atoms with E-state index in [0.717, 1.165) is 43.6 Å². The summed E-state index contributed by atoms with van der Waals surface area (Å²) in [6.45, 7) is 2.00. The Balaban J connectivity index is 1.65. The van der Waals surface area contributed by atoms with Crippen molar-refractivity contribution < 1.29 is 14.7 Å². The van der Waals surface area contributed by atoms with Crippen molar-refractivity contribution in [3.8, 4) is 0 Å². The number of hydrogen-bond donors (Lipinski definition) is 1. The quantitative estimate of drug-likeness (QED) is 0.919. The average molecular weight is 322 g/mol. The van der Waals surface area contributed by atoms with Crippen LogP contribution in [0.1, 0.15) is 35.4 Å². The van der Waals surface area contributed by atoms with Crippen molar-refractivity contribution in [2.45, 2.75) is 31.7 Å². The molecule has 1 unspecified atom stereocenters.